The van der Waals surface area contributed by atoms with Gasteiger partial charge in [0.1, 0.15) is 0 Å². The lowest BCUT2D eigenvalue weighted by Crippen LogP contribution is -1.99. The molecule has 0 radical (unpaired) electrons. The Balaban J connectivity index is 2.94. The quantitative estimate of drug-likeness (QED) is 0.614. The molecule has 0 saturated heterocycles. The summed E-state index contributed by atoms with van der Waals surface area (Å²) in [6, 6.07) is 5.76. The van der Waals surface area contributed by atoms with Gasteiger partial charge in [-0.1, -0.05) is 31.9 Å². The first-order chi connectivity index (χ1) is 6.13. The Morgan fingerprint density at radius 2 is 2.08 bits per heavy atom. The highest BCUT2D eigenvalue weighted by Gasteiger charge is 2.05. The molecule has 0 atom stereocenters. The van der Waals surface area contributed by atoms with Gasteiger partial charge in [0.05, 0.1) is 0 Å². The van der Waals surface area contributed by atoms with E-state index in [1.807, 2.05) is 25.1 Å². The SMILES string of the molecule is Cc1cc(Br)cc(C(=O)CCBr)c1. The second kappa shape index (κ2) is 4.91. The van der Waals surface area contributed by atoms with E-state index < -0.39 is 0 Å². The monoisotopic (exact) mass is 304 g/mol. The Hall–Kier alpha value is -0.150. The zero-order valence-corrected chi connectivity index (χ0v) is 10.5. The van der Waals surface area contributed by atoms with Crippen LogP contribution in [0.1, 0.15) is 22.3 Å². The third-order valence-corrected chi connectivity index (χ3v) is 2.54. The maximum atomic E-state index is 11.5. The third-order valence-electron chi connectivity index (χ3n) is 1.69. The summed E-state index contributed by atoms with van der Waals surface area (Å²) in [4.78, 5) is 11.5. The van der Waals surface area contributed by atoms with Crippen LogP contribution in [0.15, 0.2) is 22.7 Å². The van der Waals surface area contributed by atoms with Crippen molar-refractivity contribution in [1.29, 1.82) is 0 Å². The second-order valence-electron chi connectivity index (χ2n) is 2.88. The zero-order chi connectivity index (χ0) is 9.84. The molecule has 1 rings (SSSR count). The predicted molar refractivity (Wildman–Crippen MR) is 61.6 cm³/mol. The Morgan fingerprint density at radius 3 is 2.62 bits per heavy atom. The van der Waals surface area contributed by atoms with Crippen LogP contribution >= 0.6 is 31.9 Å². The van der Waals surface area contributed by atoms with Crippen LogP contribution in [-0.4, -0.2) is 11.1 Å². The van der Waals surface area contributed by atoms with Crippen molar-refractivity contribution in [2.24, 2.45) is 0 Å². The first-order valence-electron chi connectivity index (χ1n) is 4.00. The van der Waals surface area contributed by atoms with Gasteiger partial charge >= 0.3 is 0 Å². The molecule has 13 heavy (non-hydrogen) atoms. The van der Waals surface area contributed by atoms with E-state index in [0.29, 0.717) is 6.42 Å². The highest BCUT2D eigenvalue weighted by Crippen LogP contribution is 2.16. The predicted octanol–water partition coefficient (Wildman–Crippen LogP) is 3.73. The molecule has 0 spiro atoms. The first-order valence-corrected chi connectivity index (χ1v) is 5.91. The fraction of sp³-hybridized carbons (Fsp3) is 0.300. The summed E-state index contributed by atoms with van der Waals surface area (Å²) in [7, 11) is 0. The topological polar surface area (TPSA) is 17.1 Å². The summed E-state index contributed by atoms with van der Waals surface area (Å²) >= 11 is 6.62. The molecule has 0 aliphatic carbocycles. The van der Waals surface area contributed by atoms with Crippen LogP contribution in [-0.2, 0) is 0 Å². The molecule has 0 bridgehead atoms. The van der Waals surface area contributed by atoms with E-state index in [4.69, 9.17) is 0 Å². The van der Waals surface area contributed by atoms with Crippen molar-refractivity contribution in [2.75, 3.05) is 5.33 Å². The number of alkyl halides is 1. The summed E-state index contributed by atoms with van der Waals surface area (Å²) < 4.78 is 0.963. The van der Waals surface area contributed by atoms with Gasteiger partial charge in [0.25, 0.3) is 0 Å². The molecule has 0 amide bonds. The lowest BCUT2D eigenvalue weighted by Gasteiger charge is -2.01. The van der Waals surface area contributed by atoms with E-state index in [1.54, 1.807) is 0 Å². The number of aryl methyl sites for hydroxylation is 1. The summed E-state index contributed by atoms with van der Waals surface area (Å²) in [5.41, 5.74) is 1.89. The number of ketones is 1. The standard InChI is InChI=1S/C10H10Br2O/c1-7-4-8(6-9(12)5-7)10(13)2-3-11/h4-6H,2-3H2,1H3. The van der Waals surface area contributed by atoms with Gasteiger partial charge < -0.3 is 0 Å². The van der Waals surface area contributed by atoms with Gasteiger partial charge in [-0.2, -0.15) is 0 Å². The van der Waals surface area contributed by atoms with Crippen molar-refractivity contribution in [3.63, 3.8) is 0 Å². The van der Waals surface area contributed by atoms with Crippen molar-refractivity contribution in [3.05, 3.63) is 33.8 Å². The third kappa shape index (κ3) is 3.24. The van der Waals surface area contributed by atoms with E-state index >= 15 is 0 Å². The molecule has 0 fully saturated rings. The van der Waals surface area contributed by atoms with E-state index in [-0.39, 0.29) is 5.78 Å². The maximum Gasteiger partial charge on any atom is 0.163 e. The van der Waals surface area contributed by atoms with Gasteiger partial charge in [0.15, 0.2) is 5.78 Å². The van der Waals surface area contributed by atoms with Crippen LogP contribution in [0.25, 0.3) is 0 Å². The van der Waals surface area contributed by atoms with Crippen molar-refractivity contribution in [2.45, 2.75) is 13.3 Å². The molecule has 1 aromatic rings. The summed E-state index contributed by atoms with van der Waals surface area (Å²) in [6.45, 7) is 1.98. The number of hydrogen-bond donors (Lipinski definition) is 0. The second-order valence-corrected chi connectivity index (χ2v) is 4.59. The maximum absolute atomic E-state index is 11.5. The van der Waals surface area contributed by atoms with Crippen LogP contribution in [0.4, 0.5) is 0 Å². The van der Waals surface area contributed by atoms with Crippen LogP contribution in [0.2, 0.25) is 0 Å². The number of carbonyl (C=O) groups is 1. The van der Waals surface area contributed by atoms with Crippen LogP contribution < -0.4 is 0 Å². The van der Waals surface area contributed by atoms with E-state index in [2.05, 4.69) is 31.9 Å². The van der Waals surface area contributed by atoms with Gasteiger partial charge in [0, 0.05) is 21.8 Å². The van der Waals surface area contributed by atoms with Crippen LogP contribution in [0.3, 0.4) is 0 Å². The molecule has 0 aromatic heterocycles. The Bertz CT molecular complexity index is 300. The van der Waals surface area contributed by atoms with Gasteiger partial charge in [-0.05, 0) is 30.7 Å². The molecule has 0 saturated carbocycles. The van der Waals surface area contributed by atoms with E-state index in [1.165, 1.54) is 0 Å². The average molecular weight is 306 g/mol. The number of hydrogen-bond acceptors (Lipinski definition) is 1. The number of halogens is 2. The Labute approximate surface area is 94.8 Å². The molecule has 3 heteroatoms. The molecule has 1 aromatic carbocycles. The Kier molecular flexibility index (Phi) is 4.13. The number of Topliss-reactive ketones (excluding diaryl/α,β-unsaturated/α-hetero) is 1. The molecular weight excluding hydrogens is 296 g/mol. The van der Waals surface area contributed by atoms with Gasteiger partial charge in [-0.15, -0.1) is 0 Å². The smallest absolute Gasteiger partial charge is 0.163 e. The summed E-state index contributed by atoms with van der Waals surface area (Å²) in [5.74, 6) is 0.182. The average Bonchev–Trinajstić information content (AvgIpc) is 2.03. The molecule has 1 nitrogen and oxygen atoms in total. The lowest BCUT2D eigenvalue weighted by atomic mass is 10.1. The number of rotatable bonds is 3. The normalized spacial score (nSPS) is 10.1. The lowest BCUT2D eigenvalue weighted by molar-refractivity contribution is 0.0989. The molecular formula is C10H10Br2O. The molecule has 0 unspecified atom stereocenters. The van der Waals surface area contributed by atoms with Crippen molar-refractivity contribution >= 4 is 37.6 Å². The first kappa shape index (κ1) is 10.9. The number of benzene rings is 1. The molecule has 0 aliphatic heterocycles. The van der Waals surface area contributed by atoms with Gasteiger partial charge in [-0.25, -0.2) is 0 Å². The minimum absolute atomic E-state index is 0.182. The van der Waals surface area contributed by atoms with Crippen molar-refractivity contribution in [1.82, 2.24) is 0 Å². The fourth-order valence-electron chi connectivity index (χ4n) is 1.13. The number of carbonyl (C=O) groups excluding carboxylic acids is 1. The summed E-state index contributed by atoms with van der Waals surface area (Å²) in [6.07, 6.45) is 0.551. The van der Waals surface area contributed by atoms with Crippen LogP contribution in [0.5, 0.6) is 0 Å². The molecule has 0 heterocycles. The largest absolute Gasteiger partial charge is 0.294 e. The molecule has 0 aliphatic rings. The highest BCUT2D eigenvalue weighted by molar-refractivity contribution is 9.10. The molecule has 70 valence electrons. The van der Waals surface area contributed by atoms with Gasteiger partial charge in [-0.3, -0.25) is 4.79 Å². The molecule has 0 N–H and O–H groups in total. The van der Waals surface area contributed by atoms with E-state index in [9.17, 15) is 4.79 Å². The minimum atomic E-state index is 0.182. The van der Waals surface area contributed by atoms with Gasteiger partial charge in [0.2, 0.25) is 0 Å². The zero-order valence-electron chi connectivity index (χ0n) is 7.31. The summed E-state index contributed by atoms with van der Waals surface area (Å²) in [5, 5.41) is 0.720. The fourth-order valence-corrected chi connectivity index (χ4v) is 2.10. The highest BCUT2D eigenvalue weighted by atomic mass is 79.9. The Morgan fingerprint density at radius 1 is 1.38 bits per heavy atom. The van der Waals surface area contributed by atoms with Crippen molar-refractivity contribution in [3.8, 4) is 0 Å². The van der Waals surface area contributed by atoms with Crippen molar-refractivity contribution < 1.29 is 4.79 Å². The van der Waals surface area contributed by atoms with E-state index in [0.717, 1.165) is 20.9 Å². The minimum Gasteiger partial charge on any atom is -0.294 e. The van der Waals surface area contributed by atoms with Crippen LogP contribution in [0, 0.1) is 6.92 Å².